The molecule has 1 aromatic carbocycles. The van der Waals surface area contributed by atoms with Gasteiger partial charge < -0.3 is 9.88 Å². The number of H-pyrrole nitrogens is 1. The largest absolute Gasteiger partial charge is 0.346 e. The fraction of sp³-hybridized carbons (Fsp3) is 0.526. The van der Waals surface area contributed by atoms with Gasteiger partial charge in [-0.3, -0.25) is 0 Å². The van der Waals surface area contributed by atoms with Crippen LogP contribution in [-0.4, -0.2) is 29.0 Å². The van der Waals surface area contributed by atoms with Crippen molar-refractivity contribution in [2.24, 2.45) is 0 Å². The van der Waals surface area contributed by atoms with E-state index in [1.54, 1.807) is 0 Å². The number of hydrogen-bond donors (Lipinski definition) is 1. The summed E-state index contributed by atoms with van der Waals surface area (Å²) in [6.07, 6.45) is 5.98. The van der Waals surface area contributed by atoms with E-state index in [0.29, 0.717) is 11.7 Å². The number of nitriles is 1. The van der Waals surface area contributed by atoms with Crippen molar-refractivity contribution in [3.63, 3.8) is 0 Å². The summed E-state index contributed by atoms with van der Waals surface area (Å²) < 4.78 is 0. The fourth-order valence-electron chi connectivity index (χ4n) is 3.87. The fourth-order valence-corrected chi connectivity index (χ4v) is 3.87. The normalized spacial score (nSPS) is 17.6. The van der Waals surface area contributed by atoms with Gasteiger partial charge in [0.25, 0.3) is 0 Å². The van der Waals surface area contributed by atoms with Crippen LogP contribution < -0.4 is 0 Å². The lowest BCUT2D eigenvalue weighted by Crippen LogP contribution is -2.40. The maximum Gasteiger partial charge on any atom is 0.118 e. The number of nitrogens with one attached hydrogen (secondary N) is 1. The van der Waals surface area contributed by atoms with Crippen LogP contribution in [0.2, 0.25) is 0 Å². The maximum atomic E-state index is 9.13. The second kappa shape index (κ2) is 6.54. The summed E-state index contributed by atoms with van der Waals surface area (Å²) in [7, 11) is 0. The molecule has 1 aliphatic carbocycles. The molecule has 0 aliphatic heterocycles. The van der Waals surface area contributed by atoms with E-state index in [4.69, 9.17) is 5.26 Å². The van der Waals surface area contributed by atoms with Gasteiger partial charge in [-0.05, 0) is 68.5 Å². The highest BCUT2D eigenvalue weighted by Gasteiger charge is 2.25. The number of rotatable bonds is 5. The van der Waals surface area contributed by atoms with E-state index in [1.807, 2.05) is 6.07 Å². The minimum Gasteiger partial charge on any atom is -0.346 e. The van der Waals surface area contributed by atoms with Gasteiger partial charge in [-0.1, -0.05) is 19.9 Å². The summed E-state index contributed by atoms with van der Waals surface area (Å²) in [6, 6.07) is 9.29. The third-order valence-electron chi connectivity index (χ3n) is 4.86. The minimum absolute atomic E-state index is 0.651. The molecule has 3 heteroatoms. The first-order valence-corrected chi connectivity index (χ1v) is 8.54. The van der Waals surface area contributed by atoms with Crippen LogP contribution >= 0.6 is 0 Å². The summed E-state index contributed by atoms with van der Waals surface area (Å²) >= 11 is 0. The second-order valence-electron chi connectivity index (χ2n) is 6.39. The van der Waals surface area contributed by atoms with Crippen molar-refractivity contribution in [3.05, 3.63) is 35.0 Å². The molecule has 1 atom stereocenters. The van der Waals surface area contributed by atoms with Gasteiger partial charge in [-0.25, -0.2) is 0 Å². The third-order valence-corrected chi connectivity index (χ3v) is 4.86. The standard InChI is InChI=1S/C19H25N3/c1-3-9-22(10-4-2)16-7-5-14-6-8-19-18(17(14)12-16)11-15(13-20)21-19/h6,8,11,16,21H,3-5,7,9-10,12H2,1-2H3/t16-/m0/s1. The Morgan fingerprint density at radius 1 is 1.27 bits per heavy atom. The predicted octanol–water partition coefficient (Wildman–Crippen LogP) is 4.02. The molecule has 1 heterocycles. The summed E-state index contributed by atoms with van der Waals surface area (Å²) in [5.41, 5.74) is 4.71. The molecule has 0 saturated heterocycles. The Balaban J connectivity index is 1.93. The van der Waals surface area contributed by atoms with Gasteiger partial charge in [-0.2, -0.15) is 5.26 Å². The Kier molecular flexibility index (Phi) is 4.49. The number of aryl methyl sites for hydroxylation is 1. The van der Waals surface area contributed by atoms with Gasteiger partial charge in [0.2, 0.25) is 0 Å². The first-order valence-electron chi connectivity index (χ1n) is 8.54. The highest BCUT2D eigenvalue weighted by Crippen LogP contribution is 2.31. The average Bonchev–Trinajstić information content (AvgIpc) is 2.98. The van der Waals surface area contributed by atoms with Crippen LogP contribution in [0, 0.1) is 11.3 Å². The lowest BCUT2D eigenvalue weighted by Gasteiger charge is -2.35. The molecule has 0 radical (unpaired) electrons. The molecule has 0 unspecified atom stereocenters. The molecule has 0 saturated carbocycles. The molecular weight excluding hydrogens is 270 g/mol. The zero-order valence-electron chi connectivity index (χ0n) is 13.7. The zero-order valence-corrected chi connectivity index (χ0v) is 13.7. The van der Waals surface area contributed by atoms with Crippen LogP contribution in [0.1, 0.15) is 49.9 Å². The number of nitrogens with zero attached hydrogens (tertiary/aromatic N) is 2. The van der Waals surface area contributed by atoms with E-state index in [2.05, 4.69) is 41.9 Å². The van der Waals surface area contributed by atoms with Gasteiger partial charge in [-0.15, -0.1) is 0 Å². The molecule has 1 N–H and O–H groups in total. The van der Waals surface area contributed by atoms with Crippen molar-refractivity contribution in [2.75, 3.05) is 13.1 Å². The van der Waals surface area contributed by atoms with Crippen molar-refractivity contribution in [2.45, 2.75) is 52.0 Å². The lowest BCUT2D eigenvalue weighted by atomic mass is 9.85. The van der Waals surface area contributed by atoms with Gasteiger partial charge in [0.05, 0.1) is 0 Å². The van der Waals surface area contributed by atoms with Crippen LogP contribution in [0.5, 0.6) is 0 Å². The van der Waals surface area contributed by atoms with Gasteiger partial charge in [0.1, 0.15) is 11.8 Å². The van der Waals surface area contributed by atoms with Crippen LogP contribution in [0.25, 0.3) is 10.9 Å². The zero-order chi connectivity index (χ0) is 15.5. The molecule has 0 amide bonds. The Morgan fingerprint density at radius 2 is 2.05 bits per heavy atom. The van der Waals surface area contributed by atoms with Crippen LogP contribution in [0.3, 0.4) is 0 Å². The molecule has 22 heavy (non-hydrogen) atoms. The monoisotopic (exact) mass is 295 g/mol. The lowest BCUT2D eigenvalue weighted by molar-refractivity contribution is 0.180. The SMILES string of the molecule is CCCN(CCC)[C@H]1CCc2ccc3[nH]c(C#N)cc3c2C1. The van der Waals surface area contributed by atoms with Crippen molar-refractivity contribution in [3.8, 4) is 6.07 Å². The van der Waals surface area contributed by atoms with Crippen molar-refractivity contribution < 1.29 is 0 Å². The van der Waals surface area contributed by atoms with Crippen LogP contribution in [0.15, 0.2) is 18.2 Å². The molecule has 3 nitrogen and oxygen atoms in total. The van der Waals surface area contributed by atoms with Crippen LogP contribution in [0.4, 0.5) is 0 Å². The summed E-state index contributed by atoms with van der Waals surface area (Å²) in [4.78, 5) is 5.88. The van der Waals surface area contributed by atoms with E-state index in [1.165, 1.54) is 48.9 Å². The second-order valence-corrected chi connectivity index (χ2v) is 6.39. The highest BCUT2D eigenvalue weighted by atomic mass is 15.1. The molecule has 0 fully saturated rings. The quantitative estimate of drug-likeness (QED) is 0.905. The predicted molar refractivity (Wildman–Crippen MR) is 91.0 cm³/mol. The topological polar surface area (TPSA) is 42.8 Å². The van der Waals surface area contributed by atoms with Gasteiger partial charge in [0, 0.05) is 16.9 Å². The smallest absolute Gasteiger partial charge is 0.118 e. The molecule has 1 aliphatic rings. The van der Waals surface area contributed by atoms with Crippen molar-refractivity contribution in [1.29, 1.82) is 5.26 Å². The van der Waals surface area contributed by atoms with E-state index < -0.39 is 0 Å². The van der Waals surface area contributed by atoms with Crippen molar-refractivity contribution >= 4 is 10.9 Å². The van der Waals surface area contributed by atoms with Gasteiger partial charge in [0.15, 0.2) is 0 Å². The summed E-state index contributed by atoms with van der Waals surface area (Å²) in [6.45, 7) is 6.92. The molecule has 3 rings (SSSR count). The first kappa shape index (κ1) is 15.1. The number of aromatic nitrogens is 1. The molecule has 0 spiro atoms. The maximum absolute atomic E-state index is 9.13. The Hall–Kier alpha value is -1.79. The first-order chi connectivity index (χ1) is 10.8. The summed E-state index contributed by atoms with van der Waals surface area (Å²) in [5, 5.41) is 10.4. The Bertz CT molecular complexity index is 687. The van der Waals surface area contributed by atoms with E-state index in [0.717, 1.165) is 18.4 Å². The Morgan fingerprint density at radius 3 is 2.73 bits per heavy atom. The van der Waals surface area contributed by atoms with Gasteiger partial charge >= 0.3 is 0 Å². The highest BCUT2D eigenvalue weighted by molar-refractivity contribution is 5.86. The number of aromatic amines is 1. The summed E-state index contributed by atoms with van der Waals surface area (Å²) in [5.74, 6) is 0. The minimum atomic E-state index is 0.651. The van der Waals surface area contributed by atoms with E-state index in [9.17, 15) is 0 Å². The molecule has 2 aromatic rings. The van der Waals surface area contributed by atoms with E-state index in [-0.39, 0.29) is 0 Å². The molecular formula is C19H25N3. The molecule has 116 valence electrons. The number of benzene rings is 1. The van der Waals surface area contributed by atoms with Crippen molar-refractivity contribution in [1.82, 2.24) is 9.88 Å². The molecule has 1 aromatic heterocycles. The number of fused-ring (bicyclic) bond motifs is 3. The third kappa shape index (κ3) is 2.76. The molecule has 0 bridgehead atoms. The number of hydrogen-bond acceptors (Lipinski definition) is 2. The van der Waals surface area contributed by atoms with E-state index >= 15 is 0 Å². The Labute approximate surface area is 132 Å². The van der Waals surface area contributed by atoms with Crippen LogP contribution in [-0.2, 0) is 12.8 Å². The average molecular weight is 295 g/mol.